The summed E-state index contributed by atoms with van der Waals surface area (Å²) in [5, 5.41) is 0. The van der Waals surface area contributed by atoms with Crippen molar-refractivity contribution >= 4 is 0 Å². The fourth-order valence-electron chi connectivity index (χ4n) is 0.832. The Bertz CT molecular complexity index is 62.4. The van der Waals surface area contributed by atoms with Crippen LogP contribution in [0.2, 0.25) is 0 Å². The van der Waals surface area contributed by atoms with Crippen LogP contribution in [0.3, 0.4) is 0 Å². The van der Waals surface area contributed by atoms with Crippen molar-refractivity contribution in [3.8, 4) is 0 Å². The van der Waals surface area contributed by atoms with Gasteiger partial charge in [-0.05, 0) is 11.8 Å². The standard InChI is InChI=1S/C9H20.2C2H6/c1-5-7-8-9(3,4)6-2;2*1-2/h5-8H2,1-4H3;2*1-2H3. The van der Waals surface area contributed by atoms with Crippen molar-refractivity contribution in [2.45, 2.75) is 81.1 Å². The summed E-state index contributed by atoms with van der Waals surface area (Å²) in [4.78, 5) is 0. The molecule has 0 aromatic heterocycles. The zero-order valence-corrected chi connectivity index (χ0v) is 11.3. The first kappa shape index (κ1) is 18.7. The lowest BCUT2D eigenvalue weighted by Crippen LogP contribution is -2.08. The maximum atomic E-state index is 2.35. The van der Waals surface area contributed by atoms with Gasteiger partial charge in [-0.15, -0.1) is 0 Å². The molecule has 0 saturated heterocycles. The Labute approximate surface area is 87.1 Å². The zero-order valence-electron chi connectivity index (χ0n) is 11.3. The lowest BCUT2D eigenvalue weighted by atomic mass is 9.85. The molecule has 0 heterocycles. The molecule has 0 aliphatic heterocycles. The van der Waals surface area contributed by atoms with E-state index in [1.165, 1.54) is 25.7 Å². The van der Waals surface area contributed by atoms with Gasteiger partial charge >= 0.3 is 0 Å². The predicted octanol–water partition coefficient (Wildman–Crippen LogP) is 5.67. The lowest BCUT2D eigenvalue weighted by molar-refractivity contribution is 0.311. The summed E-state index contributed by atoms with van der Waals surface area (Å²) in [5.74, 6) is 0. The van der Waals surface area contributed by atoms with Gasteiger partial charge in [-0.2, -0.15) is 0 Å². The average molecular weight is 188 g/mol. The van der Waals surface area contributed by atoms with Crippen LogP contribution in [0.25, 0.3) is 0 Å². The minimum absolute atomic E-state index is 0.593. The van der Waals surface area contributed by atoms with Crippen LogP contribution >= 0.6 is 0 Å². The number of unbranched alkanes of at least 4 members (excludes halogenated alkanes) is 1. The highest BCUT2D eigenvalue weighted by Gasteiger charge is 2.12. The van der Waals surface area contributed by atoms with Crippen LogP contribution < -0.4 is 0 Å². The van der Waals surface area contributed by atoms with Crippen LogP contribution in [-0.4, -0.2) is 0 Å². The van der Waals surface area contributed by atoms with Crippen molar-refractivity contribution in [3.05, 3.63) is 0 Å². The van der Waals surface area contributed by atoms with Gasteiger partial charge in [0.25, 0.3) is 0 Å². The van der Waals surface area contributed by atoms with E-state index in [1.54, 1.807) is 0 Å². The van der Waals surface area contributed by atoms with Gasteiger partial charge in [0.05, 0.1) is 0 Å². The smallest absolute Gasteiger partial charge is 0.0357 e. The summed E-state index contributed by atoms with van der Waals surface area (Å²) in [6.07, 6.45) is 5.43. The van der Waals surface area contributed by atoms with Gasteiger partial charge < -0.3 is 0 Å². The second kappa shape index (κ2) is 14.5. The van der Waals surface area contributed by atoms with E-state index in [2.05, 4.69) is 27.7 Å². The van der Waals surface area contributed by atoms with Crippen LogP contribution in [0.15, 0.2) is 0 Å². The molecule has 0 aliphatic rings. The molecule has 0 N–H and O–H groups in total. The molecule has 0 aromatic carbocycles. The molecule has 0 aromatic rings. The van der Waals surface area contributed by atoms with E-state index >= 15 is 0 Å². The molecule has 0 unspecified atom stereocenters. The Morgan fingerprint density at radius 3 is 1.46 bits per heavy atom. The molecule has 0 rings (SSSR count). The highest BCUT2D eigenvalue weighted by molar-refractivity contribution is 4.64. The first-order valence-corrected chi connectivity index (χ1v) is 6.12. The Balaban J connectivity index is -0.000000218. The van der Waals surface area contributed by atoms with E-state index in [1.807, 2.05) is 27.7 Å². The van der Waals surface area contributed by atoms with Crippen LogP contribution in [-0.2, 0) is 0 Å². The first-order chi connectivity index (χ1) is 6.12. The quantitative estimate of drug-likeness (QED) is 0.533. The molecule has 0 radical (unpaired) electrons. The zero-order chi connectivity index (χ0) is 11.3. The minimum Gasteiger partial charge on any atom is -0.0683 e. The summed E-state index contributed by atoms with van der Waals surface area (Å²) in [6.45, 7) is 17.2. The lowest BCUT2D eigenvalue weighted by Gasteiger charge is -2.21. The topological polar surface area (TPSA) is 0 Å². The average Bonchev–Trinajstić information content (AvgIpc) is 2.21. The number of hydrogen-bond donors (Lipinski definition) is 0. The van der Waals surface area contributed by atoms with Gasteiger partial charge in [0.1, 0.15) is 0 Å². The molecule has 0 fully saturated rings. The van der Waals surface area contributed by atoms with E-state index in [4.69, 9.17) is 0 Å². The fourth-order valence-corrected chi connectivity index (χ4v) is 0.832. The van der Waals surface area contributed by atoms with Gasteiger partial charge in [-0.3, -0.25) is 0 Å². The summed E-state index contributed by atoms with van der Waals surface area (Å²) in [6, 6.07) is 0. The molecule has 0 amide bonds. The van der Waals surface area contributed by atoms with E-state index in [9.17, 15) is 0 Å². The fraction of sp³-hybridized carbons (Fsp3) is 1.00. The normalized spacial score (nSPS) is 9.23. The van der Waals surface area contributed by atoms with Crippen molar-refractivity contribution < 1.29 is 0 Å². The minimum atomic E-state index is 0.593. The molecular formula is C13H32. The van der Waals surface area contributed by atoms with E-state index in [-0.39, 0.29) is 0 Å². The molecule has 0 aliphatic carbocycles. The Hall–Kier alpha value is 0. The summed E-state index contributed by atoms with van der Waals surface area (Å²) >= 11 is 0. The largest absolute Gasteiger partial charge is 0.0683 e. The predicted molar refractivity (Wildman–Crippen MR) is 66.3 cm³/mol. The Morgan fingerprint density at radius 1 is 0.846 bits per heavy atom. The summed E-state index contributed by atoms with van der Waals surface area (Å²) in [7, 11) is 0. The van der Waals surface area contributed by atoms with Gasteiger partial charge in [0.15, 0.2) is 0 Å². The molecule has 0 heteroatoms. The molecule has 0 atom stereocenters. The third-order valence-electron chi connectivity index (χ3n) is 2.16. The second-order valence-electron chi connectivity index (χ2n) is 3.62. The van der Waals surface area contributed by atoms with Gasteiger partial charge in [-0.1, -0.05) is 74.7 Å². The van der Waals surface area contributed by atoms with Crippen molar-refractivity contribution in [2.24, 2.45) is 5.41 Å². The highest BCUT2D eigenvalue weighted by Crippen LogP contribution is 2.26. The van der Waals surface area contributed by atoms with Crippen molar-refractivity contribution in [1.29, 1.82) is 0 Å². The van der Waals surface area contributed by atoms with E-state index < -0.39 is 0 Å². The summed E-state index contributed by atoms with van der Waals surface area (Å²) < 4.78 is 0. The van der Waals surface area contributed by atoms with Crippen LogP contribution in [0.4, 0.5) is 0 Å². The van der Waals surface area contributed by atoms with E-state index in [0.29, 0.717) is 5.41 Å². The maximum absolute atomic E-state index is 2.35. The first-order valence-electron chi connectivity index (χ1n) is 6.12. The SMILES string of the molecule is CC.CC.CCCCC(C)(C)CC. The summed E-state index contributed by atoms with van der Waals surface area (Å²) in [5.41, 5.74) is 0.593. The van der Waals surface area contributed by atoms with Crippen LogP contribution in [0.5, 0.6) is 0 Å². The number of hydrogen-bond acceptors (Lipinski definition) is 0. The molecule has 0 nitrogen and oxygen atoms in total. The van der Waals surface area contributed by atoms with Crippen molar-refractivity contribution in [2.75, 3.05) is 0 Å². The van der Waals surface area contributed by atoms with Crippen LogP contribution in [0.1, 0.15) is 81.1 Å². The Kier molecular flexibility index (Phi) is 20.9. The third kappa shape index (κ3) is 18.8. The van der Waals surface area contributed by atoms with Crippen molar-refractivity contribution in [1.82, 2.24) is 0 Å². The molecule has 0 spiro atoms. The number of rotatable bonds is 4. The maximum Gasteiger partial charge on any atom is -0.0357 e. The monoisotopic (exact) mass is 188 g/mol. The molecule has 13 heavy (non-hydrogen) atoms. The Morgan fingerprint density at radius 2 is 1.23 bits per heavy atom. The van der Waals surface area contributed by atoms with E-state index in [0.717, 1.165) is 0 Å². The van der Waals surface area contributed by atoms with Gasteiger partial charge in [0, 0.05) is 0 Å². The van der Waals surface area contributed by atoms with Gasteiger partial charge in [0.2, 0.25) is 0 Å². The third-order valence-corrected chi connectivity index (χ3v) is 2.16. The van der Waals surface area contributed by atoms with Gasteiger partial charge in [-0.25, -0.2) is 0 Å². The molecule has 84 valence electrons. The van der Waals surface area contributed by atoms with Crippen LogP contribution in [0, 0.1) is 5.41 Å². The highest BCUT2D eigenvalue weighted by atomic mass is 14.2. The van der Waals surface area contributed by atoms with Crippen molar-refractivity contribution in [3.63, 3.8) is 0 Å². The molecule has 0 bridgehead atoms. The second-order valence-corrected chi connectivity index (χ2v) is 3.62. The molecule has 0 saturated carbocycles. The molecular weight excluding hydrogens is 156 g/mol.